The van der Waals surface area contributed by atoms with Gasteiger partial charge in [-0.25, -0.2) is 4.79 Å². The zero-order valence-electron chi connectivity index (χ0n) is 16.4. The number of carbonyl (C=O) groups is 1. The van der Waals surface area contributed by atoms with E-state index in [9.17, 15) is 4.79 Å². The van der Waals surface area contributed by atoms with E-state index in [-0.39, 0.29) is 23.6 Å². The maximum Gasteiger partial charge on any atom is 0.411 e. The molecule has 1 saturated heterocycles. The Morgan fingerprint density at radius 2 is 1.46 bits per heavy atom. The molecule has 2 aromatic carbocycles. The fourth-order valence-corrected chi connectivity index (χ4v) is 4.01. The van der Waals surface area contributed by atoms with Crippen molar-refractivity contribution in [3.05, 3.63) is 71.8 Å². The standard InChI is InChI=1S/C23H29NO2/c1-22(2,3)26-21(25)24-20(18-14-10-7-11-15-18)19(16-23(24,4)5)17-12-8-6-9-13-17/h6-15,19-20H,16H2,1-5H3/t19-,20-/m0/s1. The summed E-state index contributed by atoms with van der Waals surface area (Å²) < 4.78 is 5.78. The molecule has 3 heteroatoms. The quantitative estimate of drug-likeness (QED) is 0.671. The molecule has 3 nitrogen and oxygen atoms in total. The minimum Gasteiger partial charge on any atom is -0.444 e. The Balaban J connectivity index is 2.06. The lowest BCUT2D eigenvalue weighted by molar-refractivity contribution is 0.00303. The first-order valence-corrected chi connectivity index (χ1v) is 9.31. The van der Waals surface area contributed by atoms with Crippen LogP contribution in [0.15, 0.2) is 60.7 Å². The SMILES string of the molecule is CC(C)(C)OC(=O)N1[C@@H](c2ccccc2)[C@H](c2ccccc2)CC1(C)C. The third-order valence-electron chi connectivity index (χ3n) is 4.99. The number of rotatable bonds is 2. The van der Waals surface area contributed by atoms with E-state index >= 15 is 0 Å². The Morgan fingerprint density at radius 3 is 1.96 bits per heavy atom. The van der Waals surface area contributed by atoms with E-state index < -0.39 is 5.60 Å². The van der Waals surface area contributed by atoms with Gasteiger partial charge in [-0.15, -0.1) is 0 Å². The van der Waals surface area contributed by atoms with E-state index in [2.05, 4.69) is 50.2 Å². The van der Waals surface area contributed by atoms with Crippen LogP contribution < -0.4 is 0 Å². The molecule has 0 saturated carbocycles. The average Bonchev–Trinajstić information content (AvgIpc) is 2.86. The van der Waals surface area contributed by atoms with Crippen LogP contribution in [0.2, 0.25) is 0 Å². The van der Waals surface area contributed by atoms with Gasteiger partial charge in [0.15, 0.2) is 0 Å². The Hall–Kier alpha value is -2.29. The van der Waals surface area contributed by atoms with Crippen molar-refractivity contribution in [1.82, 2.24) is 4.90 Å². The summed E-state index contributed by atoms with van der Waals surface area (Å²) in [6, 6.07) is 20.8. The third kappa shape index (κ3) is 3.77. The van der Waals surface area contributed by atoms with Gasteiger partial charge in [-0.2, -0.15) is 0 Å². The summed E-state index contributed by atoms with van der Waals surface area (Å²) in [4.78, 5) is 15.1. The summed E-state index contributed by atoms with van der Waals surface area (Å²) in [7, 11) is 0. The van der Waals surface area contributed by atoms with Crippen molar-refractivity contribution in [2.75, 3.05) is 0 Å². The average molecular weight is 351 g/mol. The van der Waals surface area contributed by atoms with Gasteiger partial charge in [0.1, 0.15) is 5.60 Å². The summed E-state index contributed by atoms with van der Waals surface area (Å²) in [5.74, 6) is 0.237. The molecule has 138 valence electrons. The molecule has 0 aromatic heterocycles. The molecule has 0 N–H and O–H groups in total. The fourth-order valence-electron chi connectivity index (χ4n) is 4.01. The van der Waals surface area contributed by atoms with Gasteiger partial charge < -0.3 is 4.74 Å². The molecule has 1 amide bonds. The Morgan fingerprint density at radius 1 is 0.962 bits per heavy atom. The molecule has 0 radical (unpaired) electrons. The van der Waals surface area contributed by atoms with E-state index in [4.69, 9.17) is 4.74 Å². The van der Waals surface area contributed by atoms with Crippen molar-refractivity contribution in [3.63, 3.8) is 0 Å². The van der Waals surface area contributed by atoms with E-state index in [1.807, 2.05) is 49.9 Å². The molecule has 0 aliphatic carbocycles. The first kappa shape index (κ1) is 18.5. The van der Waals surface area contributed by atoms with Crippen LogP contribution in [0.4, 0.5) is 4.79 Å². The normalized spacial score (nSPS) is 22.3. The van der Waals surface area contributed by atoms with Crippen molar-refractivity contribution in [2.24, 2.45) is 0 Å². The molecule has 0 spiro atoms. The topological polar surface area (TPSA) is 29.5 Å². The van der Waals surface area contributed by atoms with Crippen molar-refractivity contribution >= 4 is 6.09 Å². The lowest BCUT2D eigenvalue weighted by Gasteiger charge is -2.37. The molecular formula is C23H29NO2. The molecule has 3 rings (SSSR count). The second-order valence-corrected chi connectivity index (χ2v) is 8.74. The lowest BCUT2D eigenvalue weighted by Crippen LogP contribution is -2.46. The summed E-state index contributed by atoms with van der Waals surface area (Å²) in [5.41, 5.74) is 1.61. The van der Waals surface area contributed by atoms with Crippen LogP contribution in [-0.2, 0) is 4.74 Å². The molecule has 1 fully saturated rings. The van der Waals surface area contributed by atoms with Gasteiger partial charge in [0, 0.05) is 11.5 Å². The predicted molar refractivity (Wildman–Crippen MR) is 105 cm³/mol. The van der Waals surface area contributed by atoms with Gasteiger partial charge in [-0.05, 0) is 52.2 Å². The molecule has 1 aliphatic rings. The van der Waals surface area contributed by atoms with E-state index in [0.29, 0.717) is 0 Å². The smallest absolute Gasteiger partial charge is 0.411 e. The lowest BCUT2D eigenvalue weighted by atomic mass is 9.85. The minimum absolute atomic E-state index is 0.0385. The van der Waals surface area contributed by atoms with Gasteiger partial charge >= 0.3 is 6.09 Å². The number of likely N-dealkylation sites (tertiary alicyclic amines) is 1. The number of hydrogen-bond donors (Lipinski definition) is 0. The summed E-state index contributed by atoms with van der Waals surface area (Å²) in [5, 5.41) is 0. The van der Waals surface area contributed by atoms with Crippen molar-refractivity contribution in [2.45, 2.75) is 64.1 Å². The van der Waals surface area contributed by atoms with Crippen LogP contribution in [0, 0.1) is 0 Å². The number of carbonyl (C=O) groups excluding carboxylic acids is 1. The van der Waals surface area contributed by atoms with Crippen LogP contribution in [-0.4, -0.2) is 22.1 Å². The number of ether oxygens (including phenoxy) is 1. The van der Waals surface area contributed by atoms with Crippen molar-refractivity contribution < 1.29 is 9.53 Å². The molecule has 0 bridgehead atoms. The highest BCUT2D eigenvalue weighted by atomic mass is 16.6. The largest absolute Gasteiger partial charge is 0.444 e. The Kier molecular flexibility index (Phi) is 4.83. The van der Waals surface area contributed by atoms with E-state index in [0.717, 1.165) is 12.0 Å². The number of amides is 1. The molecular weight excluding hydrogens is 322 g/mol. The predicted octanol–water partition coefficient (Wildman–Crippen LogP) is 5.93. The molecule has 1 aliphatic heterocycles. The molecule has 26 heavy (non-hydrogen) atoms. The Bertz CT molecular complexity index is 747. The maximum atomic E-state index is 13.1. The van der Waals surface area contributed by atoms with Crippen LogP contribution in [0.25, 0.3) is 0 Å². The minimum atomic E-state index is -0.515. The number of benzene rings is 2. The highest BCUT2D eigenvalue weighted by Crippen LogP contribution is 2.51. The van der Waals surface area contributed by atoms with Gasteiger partial charge in [-0.3, -0.25) is 4.90 Å². The summed E-state index contributed by atoms with van der Waals surface area (Å²) in [6.45, 7) is 10.0. The Labute approximate surface area is 157 Å². The second kappa shape index (κ2) is 6.79. The highest BCUT2D eigenvalue weighted by molar-refractivity contribution is 5.71. The number of hydrogen-bond acceptors (Lipinski definition) is 2. The van der Waals surface area contributed by atoms with Gasteiger partial charge in [-0.1, -0.05) is 60.7 Å². The van der Waals surface area contributed by atoms with Gasteiger partial charge in [0.2, 0.25) is 0 Å². The highest BCUT2D eigenvalue weighted by Gasteiger charge is 2.50. The third-order valence-corrected chi connectivity index (χ3v) is 4.99. The molecule has 1 heterocycles. The zero-order chi connectivity index (χ0) is 18.9. The van der Waals surface area contributed by atoms with E-state index in [1.165, 1.54) is 5.56 Å². The van der Waals surface area contributed by atoms with Gasteiger partial charge in [0.25, 0.3) is 0 Å². The first-order chi connectivity index (χ1) is 12.2. The van der Waals surface area contributed by atoms with E-state index in [1.54, 1.807) is 0 Å². The molecule has 2 atom stereocenters. The fraction of sp³-hybridized carbons (Fsp3) is 0.435. The van der Waals surface area contributed by atoms with Crippen molar-refractivity contribution in [1.29, 1.82) is 0 Å². The second-order valence-electron chi connectivity index (χ2n) is 8.74. The zero-order valence-corrected chi connectivity index (χ0v) is 16.4. The van der Waals surface area contributed by atoms with Crippen LogP contribution in [0.1, 0.15) is 64.1 Å². The number of nitrogens with zero attached hydrogens (tertiary/aromatic N) is 1. The molecule has 2 aromatic rings. The maximum absolute atomic E-state index is 13.1. The van der Waals surface area contributed by atoms with Crippen LogP contribution in [0.3, 0.4) is 0 Å². The summed E-state index contributed by atoms with van der Waals surface area (Å²) >= 11 is 0. The van der Waals surface area contributed by atoms with Crippen molar-refractivity contribution in [3.8, 4) is 0 Å². The summed E-state index contributed by atoms with van der Waals surface area (Å²) in [6.07, 6.45) is 0.658. The molecule has 0 unspecified atom stereocenters. The van der Waals surface area contributed by atoms with Crippen LogP contribution in [0.5, 0.6) is 0 Å². The monoisotopic (exact) mass is 351 g/mol. The first-order valence-electron chi connectivity index (χ1n) is 9.31. The van der Waals surface area contributed by atoms with Gasteiger partial charge in [0.05, 0.1) is 6.04 Å². The van der Waals surface area contributed by atoms with Crippen LogP contribution >= 0.6 is 0 Å².